The molecule has 0 saturated carbocycles. The highest BCUT2D eigenvalue weighted by Crippen LogP contribution is 2.25. The van der Waals surface area contributed by atoms with Gasteiger partial charge in [-0.1, -0.05) is 32.1 Å². The maximum Gasteiger partial charge on any atom is 0.514 e. The Kier molecular flexibility index (Phi) is 11.3. The van der Waals surface area contributed by atoms with Crippen LogP contribution in [-0.4, -0.2) is 89.6 Å². The van der Waals surface area contributed by atoms with E-state index < -0.39 is 25.3 Å². The zero-order valence-electron chi connectivity index (χ0n) is 28.0. The second-order valence-corrected chi connectivity index (χ2v) is 19.6. The molecule has 3 heterocycles. The number of carbonyl (C=O) groups excluding carboxylic acids is 2. The molecular formula is C34H47N5O7Si. The number of aryl methyl sites for hydroxylation is 1. The first-order valence-corrected chi connectivity index (χ1v) is 20.4. The fourth-order valence-electron chi connectivity index (χ4n) is 6.36. The van der Waals surface area contributed by atoms with Crippen LogP contribution in [-0.2, 0) is 27.4 Å². The number of nitrogens with zero attached hydrogens (tertiary/aromatic N) is 5. The largest absolute Gasteiger partial charge is 0.514 e. The van der Waals surface area contributed by atoms with Crippen LogP contribution >= 0.6 is 0 Å². The molecule has 1 aromatic heterocycles. The molecular weight excluding hydrogens is 618 g/mol. The van der Waals surface area contributed by atoms with E-state index in [1.807, 2.05) is 25.3 Å². The lowest BCUT2D eigenvalue weighted by Crippen LogP contribution is -2.51. The van der Waals surface area contributed by atoms with Crippen molar-refractivity contribution in [1.82, 2.24) is 19.6 Å². The second-order valence-electron chi connectivity index (χ2n) is 13.9. The monoisotopic (exact) mass is 665 g/mol. The molecule has 2 aromatic carbocycles. The molecule has 0 N–H and O–H groups in total. The Morgan fingerprint density at radius 1 is 1.04 bits per heavy atom. The molecule has 13 heteroatoms. The summed E-state index contributed by atoms with van der Waals surface area (Å²) in [7, 11) is -1.19. The van der Waals surface area contributed by atoms with Gasteiger partial charge in [0.1, 0.15) is 12.5 Å². The van der Waals surface area contributed by atoms with Crippen LogP contribution in [0.15, 0.2) is 42.6 Å². The first-order valence-electron chi connectivity index (χ1n) is 16.7. The summed E-state index contributed by atoms with van der Waals surface area (Å²) in [6.45, 7) is 13.4. The van der Waals surface area contributed by atoms with Gasteiger partial charge in [-0.2, -0.15) is 5.10 Å². The summed E-state index contributed by atoms with van der Waals surface area (Å²) in [4.78, 5) is 41.7. The van der Waals surface area contributed by atoms with Crippen LogP contribution in [0.3, 0.4) is 0 Å². The molecule has 2 aliphatic heterocycles. The smallest absolute Gasteiger partial charge is 0.420 e. The number of nitro groups is 1. The summed E-state index contributed by atoms with van der Waals surface area (Å²) < 4.78 is 18.7. The normalized spacial score (nSPS) is 17.1. The number of benzene rings is 2. The van der Waals surface area contributed by atoms with Gasteiger partial charge in [-0.15, -0.1) is 0 Å². The molecule has 1 unspecified atom stereocenters. The summed E-state index contributed by atoms with van der Waals surface area (Å²) in [5.41, 5.74) is 2.50. The highest BCUT2D eigenvalue weighted by atomic mass is 28.3. The van der Waals surface area contributed by atoms with E-state index in [-0.39, 0.29) is 23.8 Å². The molecule has 0 aliphatic carbocycles. The second kappa shape index (κ2) is 15.4. The Labute approximate surface area is 277 Å². The lowest BCUT2D eigenvalue weighted by Gasteiger charge is -2.40. The van der Waals surface area contributed by atoms with Gasteiger partial charge in [0.2, 0.25) is 0 Å². The van der Waals surface area contributed by atoms with Crippen LogP contribution in [0.25, 0.3) is 10.9 Å². The molecule has 3 aromatic rings. The minimum Gasteiger partial charge on any atom is -0.420 e. The van der Waals surface area contributed by atoms with E-state index in [9.17, 15) is 19.7 Å². The number of piperidine rings is 2. The third-order valence-electron chi connectivity index (χ3n) is 8.99. The van der Waals surface area contributed by atoms with E-state index in [2.05, 4.69) is 24.5 Å². The minimum absolute atomic E-state index is 0.0888. The van der Waals surface area contributed by atoms with E-state index in [1.54, 1.807) is 9.58 Å². The molecule has 2 fully saturated rings. The standard InChI is InChI=1S/C34H47N5O7Si/c1-25-20-26(21-27-23-38(35-32(25)27)24-44-18-19-47(2,3)4)22-31(46-34(41)45-30-10-8-29(9-11-30)39(42)43)33(40)37-16-12-28(13-17-37)36-14-6-5-7-15-36/h8-11,20-21,23,28,31H,5-7,12-19,22,24H2,1-4H3. The van der Waals surface area contributed by atoms with Gasteiger partial charge in [0.05, 0.1) is 10.4 Å². The summed E-state index contributed by atoms with van der Waals surface area (Å²) in [5.74, 6) is -0.169. The van der Waals surface area contributed by atoms with Gasteiger partial charge in [-0.05, 0) is 81.1 Å². The highest BCUT2D eigenvalue weighted by molar-refractivity contribution is 6.76. The van der Waals surface area contributed by atoms with Crippen LogP contribution in [0.1, 0.15) is 43.2 Å². The number of nitro benzene ring substituents is 1. The molecule has 1 atom stereocenters. The maximum atomic E-state index is 13.9. The maximum absolute atomic E-state index is 13.9. The number of non-ortho nitro benzene ring substituents is 1. The number of ether oxygens (including phenoxy) is 3. The van der Waals surface area contributed by atoms with Gasteiger partial charge >= 0.3 is 6.16 Å². The van der Waals surface area contributed by atoms with Gasteiger partial charge in [0, 0.05) is 63.9 Å². The number of amides is 1. The minimum atomic E-state index is -1.19. The van der Waals surface area contributed by atoms with Crippen LogP contribution in [0, 0.1) is 17.0 Å². The molecule has 0 spiro atoms. The van der Waals surface area contributed by atoms with Gasteiger partial charge in [0.25, 0.3) is 11.6 Å². The van der Waals surface area contributed by atoms with Crippen molar-refractivity contribution in [2.45, 2.75) is 90.0 Å². The molecule has 0 bridgehead atoms. The van der Waals surface area contributed by atoms with Crippen molar-refractivity contribution < 1.29 is 28.7 Å². The number of carbonyl (C=O) groups is 2. The average Bonchev–Trinajstić information content (AvgIpc) is 3.46. The van der Waals surface area contributed by atoms with E-state index in [0.29, 0.717) is 32.5 Å². The van der Waals surface area contributed by atoms with Crippen molar-refractivity contribution in [2.75, 3.05) is 32.8 Å². The topological polar surface area (TPSA) is 129 Å². The fourth-order valence-corrected chi connectivity index (χ4v) is 7.12. The fraction of sp³-hybridized carbons (Fsp3) is 0.559. The van der Waals surface area contributed by atoms with Gasteiger partial charge in [-0.25, -0.2) is 9.48 Å². The van der Waals surface area contributed by atoms with Gasteiger partial charge in [0.15, 0.2) is 6.10 Å². The SMILES string of the molecule is Cc1cc(CC(OC(=O)Oc2ccc([N+](=O)[O-])cc2)C(=O)N2CCC(N3CCCCC3)CC2)cc2cn(COCC[Si](C)(C)C)nc12. The predicted molar refractivity (Wildman–Crippen MR) is 181 cm³/mol. The quantitative estimate of drug-likeness (QED) is 0.0557. The Hall–Kier alpha value is -3.81. The van der Waals surface area contributed by atoms with E-state index in [0.717, 1.165) is 54.0 Å². The molecule has 47 heavy (non-hydrogen) atoms. The van der Waals surface area contributed by atoms with Gasteiger partial charge < -0.3 is 24.0 Å². The van der Waals surface area contributed by atoms with Crippen molar-refractivity contribution in [3.8, 4) is 5.75 Å². The summed E-state index contributed by atoms with van der Waals surface area (Å²) >= 11 is 0. The Bertz CT molecular complexity index is 1540. The molecule has 2 aliphatic rings. The summed E-state index contributed by atoms with van der Waals surface area (Å²) in [6.07, 6.45) is 5.44. The predicted octanol–water partition coefficient (Wildman–Crippen LogP) is 6.17. The van der Waals surface area contributed by atoms with Crippen molar-refractivity contribution in [1.29, 1.82) is 0 Å². The third kappa shape index (κ3) is 9.61. The molecule has 1 amide bonds. The first-order chi connectivity index (χ1) is 22.4. The van der Waals surface area contributed by atoms with E-state index >= 15 is 0 Å². The number of rotatable bonds is 12. The van der Waals surface area contributed by atoms with Crippen LogP contribution in [0.2, 0.25) is 25.7 Å². The molecule has 12 nitrogen and oxygen atoms in total. The first kappa shape index (κ1) is 34.5. The van der Waals surface area contributed by atoms with Crippen molar-refractivity contribution in [2.24, 2.45) is 0 Å². The average molecular weight is 666 g/mol. The highest BCUT2D eigenvalue weighted by Gasteiger charge is 2.33. The van der Waals surface area contributed by atoms with E-state index in [1.165, 1.54) is 43.5 Å². The summed E-state index contributed by atoms with van der Waals surface area (Å²) in [6, 6.07) is 10.6. The van der Waals surface area contributed by atoms with Crippen LogP contribution < -0.4 is 4.74 Å². The third-order valence-corrected chi connectivity index (χ3v) is 10.7. The van der Waals surface area contributed by atoms with Crippen LogP contribution in [0.5, 0.6) is 5.75 Å². The Morgan fingerprint density at radius 3 is 2.40 bits per heavy atom. The van der Waals surface area contributed by atoms with Crippen molar-refractivity contribution in [3.63, 3.8) is 0 Å². The molecule has 0 radical (unpaired) electrons. The molecule has 254 valence electrons. The lowest BCUT2D eigenvalue weighted by atomic mass is 9.98. The van der Waals surface area contributed by atoms with E-state index in [4.69, 9.17) is 19.3 Å². The number of likely N-dealkylation sites (tertiary alicyclic amines) is 2. The zero-order valence-corrected chi connectivity index (χ0v) is 29.0. The number of fused-ring (bicyclic) bond motifs is 1. The number of hydrogen-bond acceptors (Lipinski definition) is 9. The Morgan fingerprint density at radius 2 is 1.74 bits per heavy atom. The Balaban J connectivity index is 1.29. The summed E-state index contributed by atoms with van der Waals surface area (Å²) in [5, 5.41) is 16.6. The van der Waals surface area contributed by atoms with Crippen molar-refractivity contribution >= 4 is 36.7 Å². The van der Waals surface area contributed by atoms with Crippen molar-refractivity contribution in [3.05, 3.63) is 63.8 Å². The lowest BCUT2D eigenvalue weighted by molar-refractivity contribution is -0.384. The van der Waals surface area contributed by atoms with Gasteiger partial charge in [-0.3, -0.25) is 14.9 Å². The molecule has 5 rings (SSSR count). The number of hydrogen-bond donors (Lipinski definition) is 0. The number of aromatic nitrogens is 2. The van der Waals surface area contributed by atoms with Crippen LogP contribution in [0.4, 0.5) is 10.5 Å². The zero-order chi connectivity index (χ0) is 33.6. The molecule has 2 saturated heterocycles.